The lowest BCUT2D eigenvalue weighted by Crippen LogP contribution is -2.24. The molecule has 0 bridgehead atoms. The van der Waals surface area contributed by atoms with Gasteiger partial charge in [0.2, 0.25) is 10.0 Å². The molecule has 118 valence electrons. The van der Waals surface area contributed by atoms with E-state index < -0.39 is 38.7 Å². The van der Waals surface area contributed by atoms with Crippen molar-refractivity contribution in [2.45, 2.75) is 25.3 Å². The number of benzene rings is 1. The number of hydrogen-bond donors (Lipinski definition) is 1. The Kier molecular flexibility index (Phi) is 4.87. The molecule has 0 unspecified atom stereocenters. The molecule has 0 heterocycles. The number of nitrogens with one attached hydrogen (secondary N) is 1. The third kappa shape index (κ3) is 4.10. The van der Waals surface area contributed by atoms with Gasteiger partial charge in [-0.25, -0.2) is 13.2 Å². The Bertz CT molecular complexity index is 638. The molecule has 0 aliphatic rings. The zero-order valence-corrected chi connectivity index (χ0v) is 12.3. The van der Waals surface area contributed by atoms with E-state index in [0.717, 1.165) is 13.2 Å². The molecule has 0 aliphatic heterocycles. The molecule has 0 aromatic heterocycles. The van der Waals surface area contributed by atoms with Crippen LogP contribution in [0.3, 0.4) is 0 Å². The van der Waals surface area contributed by atoms with E-state index in [-0.39, 0.29) is 5.56 Å². The number of anilines is 1. The van der Waals surface area contributed by atoms with Gasteiger partial charge >= 0.3 is 12.1 Å². The highest BCUT2D eigenvalue weighted by Gasteiger charge is 2.32. The van der Waals surface area contributed by atoms with Crippen LogP contribution >= 0.6 is 0 Å². The summed E-state index contributed by atoms with van der Waals surface area (Å²) in [5.41, 5.74) is -1.84. The Morgan fingerprint density at radius 1 is 1.29 bits per heavy atom. The molecular formula is C12H14F3NO4S. The Labute approximate surface area is 120 Å². The largest absolute Gasteiger partial charge is 0.465 e. The molecule has 1 N–H and O–H groups in total. The normalized spacial score (nSPS) is 12.3. The molecule has 0 saturated heterocycles. The molecule has 0 amide bonds. The fraction of sp³-hybridized carbons (Fsp3) is 0.417. The summed E-state index contributed by atoms with van der Waals surface area (Å²) in [6.45, 7) is 2.71. The van der Waals surface area contributed by atoms with Crippen molar-refractivity contribution in [3.05, 3.63) is 29.3 Å². The number of hydrogen-bond acceptors (Lipinski definition) is 4. The fourth-order valence-corrected chi connectivity index (χ4v) is 2.08. The first-order chi connectivity index (χ1) is 9.49. The molecule has 0 spiro atoms. The summed E-state index contributed by atoms with van der Waals surface area (Å²) in [4.78, 5) is 11.5. The number of carbonyl (C=O) groups is 1. The van der Waals surface area contributed by atoms with Crippen LogP contribution in [0.1, 0.15) is 29.8 Å². The maximum Gasteiger partial charge on any atom is 0.416 e. The quantitative estimate of drug-likeness (QED) is 0.864. The zero-order valence-electron chi connectivity index (χ0n) is 11.5. The number of esters is 1. The van der Waals surface area contributed by atoms with Crippen molar-refractivity contribution in [3.8, 4) is 0 Å². The van der Waals surface area contributed by atoms with Crippen LogP contribution in [-0.2, 0) is 20.9 Å². The smallest absolute Gasteiger partial charge is 0.416 e. The molecule has 0 atom stereocenters. The van der Waals surface area contributed by atoms with Crippen LogP contribution in [0.15, 0.2) is 18.2 Å². The summed E-state index contributed by atoms with van der Waals surface area (Å²) < 4.78 is 68.0. The van der Waals surface area contributed by atoms with Gasteiger partial charge in [0.25, 0.3) is 0 Å². The third-order valence-corrected chi connectivity index (χ3v) is 4.37. The summed E-state index contributed by atoms with van der Waals surface area (Å²) in [5.74, 6) is -0.940. The van der Waals surface area contributed by atoms with Crippen LogP contribution in [-0.4, -0.2) is 26.7 Å². The molecule has 9 heteroatoms. The maximum atomic E-state index is 12.7. The summed E-state index contributed by atoms with van der Waals surface area (Å²) in [6, 6.07) is 2.11. The van der Waals surface area contributed by atoms with Crippen LogP contribution in [0.4, 0.5) is 18.9 Å². The molecular weight excluding hydrogens is 311 g/mol. The molecule has 1 aromatic carbocycles. The van der Waals surface area contributed by atoms with E-state index >= 15 is 0 Å². The second-order valence-electron chi connectivity index (χ2n) is 4.45. The summed E-state index contributed by atoms with van der Waals surface area (Å²) in [7, 11) is -2.86. The lowest BCUT2D eigenvalue weighted by atomic mass is 10.1. The van der Waals surface area contributed by atoms with E-state index in [4.69, 9.17) is 0 Å². The van der Waals surface area contributed by atoms with Gasteiger partial charge in [0.1, 0.15) is 0 Å². The Hall–Kier alpha value is -1.77. The number of halogens is 3. The second-order valence-corrected chi connectivity index (χ2v) is 6.68. The lowest BCUT2D eigenvalue weighted by Gasteiger charge is -2.15. The van der Waals surface area contributed by atoms with Gasteiger partial charge in [-0.15, -0.1) is 0 Å². The zero-order chi connectivity index (χ0) is 16.4. The molecule has 21 heavy (non-hydrogen) atoms. The van der Waals surface area contributed by atoms with Gasteiger partial charge < -0.3 is 4.74 Å². The minimum Gasteiger partial charge on any atom is -0.465 e. The van der Waals surface area contributed by atoms with E-state index in [9.17, 15) is 26.4 Å². The topological polar surface area (TPSA) is 72.5 Å². The van der Waals surface area contributed by atoms with Crippen LogP contribution in [0.25, 0.3) is 0 Å². The number of carbonyl (C=O) groups excluding carboxylic acids is 1. The number of sulfonamides is 1. The van der Waals surface area contributed by atoms with Crippen molar-refractivity contribution < 1.29 is 31.1 Å². The predicted molar refractivity (Wildman–Crippen MR) is 70.5 cm³/mol. The van der Waals surface area contributed by atoms with Crippen LogP contribution in [0, 0.1) is 0 Å². The molecule has 1 aromatic rings. The molecule has 0 aliphatic carbocycles. The van der Waals surface area contributed by atoms with Crippen molar-refractivity contribution in [1.82, 2.24) is 0 Å². The number of methoxy groups -OCH3 is 1. The lowest BCUT2D eigenvalue weighted by molar-refractivity contribution is -0.137. The van der Waals surface area contributed by atoms with Gasteiger partial charge in [0, 0.05) is 0 Å². The van der Waals surface area contributed by atoms with Crippen molar-refractivity contribution >= 4 is 21.7 Å². The van der Waals surface area contributed by atoms with Crippen molar-refractivity contribution in [2.75, 3.05) is 11.8 Å². The van der Waals surface area contributed by atoms with Crippen LogP contribution in [0.5, 0.6) is 0 Å². The van der Waals surface area contributed by atoms with E-state index in [0.29, 0.717) is 12.1 Å². The monoisotopic (exact) mass is 325 g/mol. The number of ether oxygens (including phenoxy) is 1. The maximum absolute atomic E-state index is 12.7. The Balaban J connectivity index is 3.40. The van der Waals surface area contributed by atoms with Gasteiger partial charge in [-0.2, -0.15) is 13.2 Å². The molecule has 1 rings (SSSR count). The first-order valence-corrected chi connectivity index (χ1v) is 7.35. The SMILES string of the molecule is COC(=O)c1ccc(C(F)(F)F)cc1NS(=O)(=O)C(C)C. The highest BCUT2D eigenvalue weighted by atomic mass is 32.2. The minimum atomic E-state index is -4.66. The van der Waals surface area contributed by atoms with E-state index in [1.807, 2.05) is 4.72 Å². The van der Waals surface area contributed by atoms with Gasteiger partial charge in [-0.1, -0.05) is 0 Å². The van der Waals surface area contributed by atoms with Crippen LogP contribution < -0.4 is 4.72 Å². The van der Waals surface area contributed by atoms with Crippen molar-refractivity contribution in [1.29, 1.82) is 0 Å². The predicted octanol–water partition coefficient (Wildman–Crippen LogP) is 2.64. The molecule has 0 saturated carbocycles. The second kappa shape index (κ2) is 5.92. The summed E-state index contributed by atoms with van der Waals surface area (Å²) >= 11 is 0. The van der Waals surface area contributed by atoms with Crippen molar-refractivity contribution in [2.24, 2.45) is 0 Å². The first kappa shape index (κ1) is 17.3. The number of alkyl halides is 3. The summed E-state index contributed by atoms with van der Waals surface area (Å²) in [5, 5.41) is -0.877. The molecule has 0 radical (unpaired) electrons. The average Bonchev–Trinajstić information content (AvgIpc) is 2.36. The first-order valence-electron chi connectivity index (χ1n) is 5.80. The summed E-state index contributed by atoms with van der Waals surface area (Å²) in [6.07, 6.45) is -4.66. The minimum absolute atomic E-state index is 0.297. The standard InChI is InChI=1S/C12H14F3NO4S/c1-7(2)21(18,19)16-10-6-8(12(13,14)15)4-5-9(10)11(17)20-3/h4-7,16H,1-3H3. The highest BCUT2D eigenvalue weighted by Crippen LogP contribution is 2.33. The van der Waals surface area contributed by atoms with E-state index in [1.54, 1.807) is 0 Å². The van der Waals surface area contributed by atoms with E-state index in [1.165, 1.54) is 13.8 Å². The average molecular weight is 325 g/mol. The number of rotatable bonds is 4. The fourth-order valence-electron chi connectivity index (χ4n) is 1.36. The van der Waals surface area contributed by atoms with Crippen LogP contribution in [0.2, 0.25) is 0 Å². The Morgan fingerprint density at radius 2 is 1.86 bits per heavy atom. The van der Waals surface area contributed by atoms with Crippen molar-refractivity contribution in [3.63, 3.8) is 0 Å². The van der Waals surface area contributed by atoms with Gasteiger partial charge in [0.05, 0.1) is 29.2 Å². The van der Waals surface area contributed by atoms with Gasteiger partial charge in [0.15, 0.2) is 0 Å². The molecule has 0 fully saturated rings. The third-order valence-electron chi connectivity index (χ3n) is 2.63. The highest BCUT2D eigenvalue weighted by molar-refractivity contribution is 7.93. The van der Waals surface area contributed by atoms with Gasteiger partial charge in [-0.3, -0.25) is 4.72 Å². The Morgan fingerprint density at radius 3 is 2.29 bits per heavy atom. The van der Waals surface area contributed by atoms with Gasteiger partial charge in [-0.05, 0) is 32.0 Å². The van der Waals surface area contributed by atoms with E-state index in [2.05, 4.69) is 4.74 Å². The molecule has 5 nitrogen and oxygen atoms in total.